The highest BCUT2D eigenvalue weighted by Crippen LogP contribution is 2.35. The largest absolute Gasteiger partial charge is 0.483 e. The van der Waals surface area contributed by atoms with Crippen molar-refractivity contribution in [1.29, 1.82) is 5.26 Å². The Labute approximate surface area is 183 Å². The summed E-state index contributed by atoms with van der Waals surface area (Å²) in [6, 6.07) is 11.2. The van der Waals surface area contributed by atoms with Crippen molar-refractivity contribution in [3.63, 3.8) is 0 Å². The van der Waals surface area contributed by atoms with Crippen LogP contribution in [0.15, 0.2) is 24.3 Å². The van der Waals surface area contributed by atoms with E-state index in [1.54, 1.807) is 0 Å². The molecular formula is C24H31N5O2. The summed E-state index contributed by atoms with van der Waals surface area (Å²) < 4.78 is 2.25. The van der Waals surface area contributed by atoms with Gasteiger partial charge in [-0.2, -0.15) is 5.26 Å². The molecule has 0 radical (unpaired) electrons. The molecule has 0 saturated carbocycles. The summed E-state index contributed by atoms with van der Waals surface area (Å²) in [7, 11) is 4.33. The topological polar surface area (TPSA) is 84.9 Å². The van der Waals surface area contributed by atoms with Crippen LogP contribution in [0, 0.1) is 18.3 Å². The van der Waals surface area contributed by atoms with E-state index in [4.69, 9.17) is 14.9 Å². The average Bonchev–Trinajstić information content (AvgIpc) is 3.38. The van der Waals surface area contributed by atoms with Gasteiger partial charge < -0.3 is 14.9 Å². The van der Waals surface area contributed by atoms with Crippen molar-refractivity contribution >= 4 is 29.0 Å². The zero-order chi connectivity index (χ0) is 22.5. The third-order valence-corrected chi connectivity index (χ3v) is 6.18. The Balaban J connectivity index is 0.000000858. The maximum atomic E-state index is 9.94. The van der Waals surface area contributed by atoms with E-state index in [1.165, 1.54) is 11.4 Å². The average molecular weight is 422 g/mol. The van der Waals surface area contributed by atoms with Crippen LogP contribution in [0.25, 0.3) is 16.7 Å². The summed E-state index contributed by atoms with van der Waals surface area (Å²) in [4.78, 5) is 18.1. The number of nitriles is 1. The van der Waals surface area contributed by atoms with E-state index in [2.05, 4.69) is 60.3 Å². The van der Waals surface area contributed by atoms with E-state index in [0.717, 1.165) is 66.6 Å². The van der Waals surface area contributed by atoms with Crippen LogP contribution in [0.5, 0.6) is 0 Å². The number of nitrogens with zero attached hydrogens (tertiary/aromatic N) is 5. The van der Waals surface area contributed by atoms with Crippen molar-refractivity contribution in [3.05, 3.63) is 41.0 Å². The minimum atomic E-state index is -0.250. The fourth-order valence-electron chi connectivity index (χ4n) is 4.50. The van der Waals surface area contributed by atoms with Crippen molar-refractivity contribution in [2.75, 3.05) is 32.1 Å². The van der Waals surface area contributed by atoms with Crippen LogP contribution in [0.4, 0.5) is 5.82 Å². The molecule has 164 valence electrons. The predicted molar refractivity (Wildman–Crippen MR) is 124 cm³/mol. The molecule has 0 bridgehead atoms. The van der Waals surface area contributed by atoms with Crippen LogP contribution in [0.3, 0.4) is 0 Å². The van der Waals surface area contributed by atoms with Gasteiger partial charge in [0, 0.05) is 19.1 Å². The Morgan fingerprint density at radius 3 is 2.68 bits per heavy atom. The van der Waals surface area contributed by atoms with Crippen molar-refractivity contribution in [1.82, 2.24) is 14.3 Å². The summed E-state index contributed by atoms with van der Waals surface area (Å²) in [6.45, 7) is 6.13. The fraction of sp³-hybridized carbons (Fsp3) is 0.458. The van der Waals surface area contributed by atoms with Gasteiger partial charge >= 0.3 is 0 Å². The Morgan fingerprint density at radius 2 is 2.06 bits per heavy atom. The minimum Gasteiger partial charge on any atom is -0.483 e. The first kappa shape index (κ1) is 22.6. The Bertz CT molecular complexity index is 1110. The highest BCUT2D eigenvalue weighted by atomic mass is 16.3. The number of hydrogen-bond acceptors (Lipinski definition) is 5. The van der Waals surface area contributed by atoms with E-state index >= 15 is 0 Å². The summed E-state index contributed by atoms with van der Waals surface area (Å²) in [5.41, 5.74) is 5.97. The van der Waals surface area contributed by atoms with Gasteiger partial charge in [0.25, 0.3) is 6.47 Å². The molecule has 7 nitrogen and oxygen atoms in total. The molecule has 1 aromatic carbocycles. The second-order valence-corrected chi connectivity index (χ2v) is 8.23. The molecule has 7 heteroatoms. The van der Waals surface area contributed by atoms with Gasteiger partial charge in [-0.05, 0) is 63.5 Å². The Kier molecular flexibility index (Phi) is 7.13. The molecule has 1 N–H and O–H groups in total. The molecule has 0 spiro atoms. The van der Waals surface area contributed by atoms with Gasteiger partial charge in [0.2, 0.25) is 0 Å². The van der Waals surface area contributed by atoms with Crippen molar-refractivity contribution in [2.45, 2.75) is 45.6 Å². The number of imidazole rings is 1. The van der Waals surface area contributed by atoms with Crippen molar-refractivity contribution in [2.24, 2.45) is 0 Å². The SMILES string of the molecule is CCCCc1c(C)c(C#N)c2nc3ccccc3n2c1N1CC[C@H](N(C)C)C1.O=CO. The second-order valence-electron chi connectivity index (χ2n) is 8.23. The van der Waals surface area contributed by atoms with Gasteiger partial charge in [0.15, 0.2) is 5.65 Å². The second kappa shape index (κ2) is 9.80. The van der Waals surface area contributed by atoms with Gasteiger partial charge in [0.1, 0.15) is 11.9 Å². The highest BCUT2D eigenvalue weighted by Gasteiger charge is 2.30. The first-order chi connectivity index (χ1) is 15.0. The number of benzene rings is 1. The lowest BCUT2D eigenvalue weighted by Crippen LogP contribution is -2.32. The summed E-state index contributed by atoms with van der Waals surface area (Å²) in [5.74, 6) is 1.25. The van der Waals surface area contributed by atoms with Crippen molar-refractivity contribution in [3.8, 4) is 6.07 Å². The normalized spacial score (nSPS) is 15.9. The number of para-hydroxylation sites is 2. The van der Waals surface area contributed by atoms with E-state index in [0.29, 0.717) is 6.04 Å². The first-order valence-corrected chi connectivity index (χ1v) is 10.8. The molecule has 1 aliphatic rings. The summed E-state index contributed by atoms with van der Waals surface area (Å²) in [6.07, 6.45) is 4.43. The monoisotopic (exact) mass is 421 g/mol. The molecule has 3 heterocycles. The van der Waals surface area contributed by atoms with Crippen LogP contribution >= 0.6 is 0 Å². The summed E-state index contributed by atoms with van der Waals surface area (Å²) >= 11 is 0. The number of carbonyl (C=O) groups is 1. The number of aromatic nitrogens is 2. The number of rotatable bonds is 5. The molecular weight excluding hydrogens is 390 g/mol. The third-order valence-electron chi connectivity index (χ3n) is 6.18. The van der Waals surface area contributed by atoms with Crippen LogP contribution in [-0.2, 0) is 11.2 Å². The predicted octanol–water partition coefficient (Wildman–Crippen LogP) is 3.85. The quantitative estimate of drug-likeness (QED) is 0.630. The molecule has 0 unspecified atom stereocenters. The van der Waals surface area contributed by atoms with Crippen LogP contribution < -0.4 is 4.90 Å². The molecule has 1 aliphatic heterocycles. The van der Waals surface area contributed by atoms with Crippen LogP contribution in [-0.4, -0.2) is 59.1 Å². The first-order valence-electron chi connectivity index (χ1n) is 10.8. The lowest BCUT2D eigenvalue weighted by atomic mass is 9.99. The zero-order valence-corrected chi connectivity index (χ0v) is 18.8. The molecule has 1 fully saturated rings. The van der Waals surface area contributed by atoms with E-state index in [-0.39, 0.29) is 6.47 Å². The van der Waals surface area contributed by atoms with E-state index < -0.39 is 0 Å². The Morgan fingerprint density at radius 1 is 1.35 bits per heavy atom. The fourth-order valence-corrected chi connectivity index (χ4v) is 4.50. The lowest BCUT2D eigenvalue weighted by molar-refractivity contribution is -0.122. The minimum absolute atomic E-state index is 0.250. The molecule has 2 aromatic heterocycles. The highest BCUT2D eigenvalue weighted by molar-refractivity contribution is 5.86. The number of pyridine rings is 1. The number of hydrogen-bond donors (Lipinski definition) is 1. The van der Waals surface area contributed by atoms with Gasteiger partial charge in [-0.1, -0.05) is 25.5 Å². The number of likely N-dealkylation sites (N-methyl/N-ethyl adjacent to an activating group) is 1. The lowest BCUT2D eigenvalue weighted by Gasteiger charge is -2.27. The van der Waals surface area contributed by atoms with E-state index in [9.17, 15) is 5.26 Å². The molecule has 0 aliphatic carbocycles. The van der Waals surface area contributed by atoms with E-state index in [1.807, 2.05) is 12.1 Å². The number of anilines is 1. The molecule has 3 aromatic rings. The maximum Gasteiger partial charge on any atom is 0.290 e. The maximum absolute atomic E-state index is 9.94. The van der Waals surface area contributed by atoms with Crippen LogP contribution in [0.1, 0.15) is 42.9 Å². The van der Waals surface area contributed by atoms with Gasteiger partial charge in [0.05, 0.1) is 16.6 Å². The molecule has 4 rings (SSSR count). The smallest absolute Gasteiger partial charge is 0.290 e. The van der Waals surface area contributed by atoms with Gasteiger partial charge in [-0.25, -0.2) is 4.98 Å². The number of carboxylic acid groups (broad SMARTS) is 1. The number of unbranched alkanes of at least 4 members (excludes halogenated alkanes) is 1. The van der Waals surface area contributed by atoms with Gasteiger partial charge in [-0.15, -0.1) is 0 Å². The molecule has 1 saturated heterocycles. The van der Waals surface area contributed by atoms with Crippen LogP contribution in [0.2, 0.25) is 0 Å². The molecule has 0 amide bonds. The number of fused-ring (bicyclic) bond motifs is 3. The molecule has 31 heavy (non-hydrogen) atoms. The standard InChI is InChI=1S/C23H29N5.CH2O2/c1-5-6-9-18-16(2)19(14-24)22-25-20-10-7-8-11-21(20)28(22)23(18)27-13-12-17(15-27)26(3)4;2-1-3/h7-8,10-11,17H,5-6,9,12-13,15H2,1-4H3;1H,(H,2,3)/t17-;/m0./s1. The summed E-state index contributed by atoms with van der Waals surface area (Å²) in [5, 5.41) is 16.8. The zero-order valence-electron chi connectivity index (χ0n) is 18.8. The Hall–Kier alpha value is -3.11. The molecule has 1 atom stereocenters. The third kappa shape index (κ3) is 4.21. The van der Waals surface area contributed by atoms with Gasteiger partial charge in [-0.3, -0.25) is 9.20 Å². The van der Waals surface area contributed by atoms with Crippen molar-refractivity contribution < 1.29 is 9.90 Å².